The minimum Gasteiger partial charge on any atom is -0.383 e. The molecule has 0 bridgehead atoms. The van der Waals surface area contributed by atoms with E-state index in [1.54, 1.807) is 0 Å². The third-order valence-corrected chi connectivity index (χ3v) is 4.11. The quantitative estimate of drug-likeness (QED) is 0.884. The van der Waals surface area contributed by atoms with E-state index in [1.807, 2.05) is 12.1 Å². The number of carbonyl (C=O) groups excluding carboxylic acids is 1. The molecule has 2 heterocycles. The van der Waals surface area contributed by atoms with Crippen LogP contribution in [0, 0.1) is 0 Å². The lowest BCUT2D eigenvalue weighted by atomic mass is 9.99. The average Bonchev–Trinajstić information content (AvgIpc) is 2.98. The molecule has 4 heteroatoms. The molecule has 1 aromatic rings. The summed E-state index contributed by atoms with van der Waals surface area (Å²) in [4.78, 5) is 12.0. The minimum atomic E-state index is 0.145. The second kappa shape index (κ2) is 6.27. The zero-order valence-electron chi connectivity index (χ0n) is 11.7. The summed E-state index contributed by atoms with van der Waals surface area (Å²) < 4.78 is 5.55. The Morgan fingerprint density at radius 3 is 3.15 bits per heavy atom. The summed E-state index contributed by atoms with van der Waals surface area (Å²) >= 11 is 0. The first-order valence-corrected chi connectivity index (χ1v) is 7.54. The van der Waals surface area contributed by atoms with Gasteiger partial charge in [-0.1, -0.05) is 18.2 Å². The molecule has 1 aromatic carbocycles. The van der Waals surface area contributed by atoms with Crippen LogP contribution < -0.4 is 10.6 Å². The highest BCUT2D eigenvalue weighted by Crippen LogP contribution is 2.21. The van der Waals surface area contributed by atoms with Crippen LogP contribution >= 0.6 is 0 Å². The molecule has 2 atom stereocenters. The second-order valence-electron chi connectivity index (χ2n) is 5.68. The number of benzene rings is 1. The Balaban J connectivity index is 1.45. The molecule has 0 radical (unpaired) electrons. The van der Waals surface area contributed by atoms with Gasteiger partial charge >= 0.3 is 0 Å². The van der Waals surface area contributed by atoms with E-state index in [4.69, 9.17) is 4.74 Å². The zero-order chi connectivity index (χ0) is 13.8. The van der Waals surface area contributed by atoms with Gasteiger partial charge in [0.25, 0.3) is 0 Å². The van der Waals surface area contributed by atoms with Gasteiger partial charge in [-0.05, 0) is 37.3 Å². The maximum Gasteiger partial charge on any atom is 0.220 e. The summed E-state index contributed by atoms with van der Waals surface area (Å²) in [7, 11) is 0. The molecule has 4 nitrogen and oxygen atoms in total. The second-order valence-corrected chi connectivity index (χ2v) is 5.68. The normalized spacial score (nSPS) is 24.8. The number of ether oxygens (including phenoxy) is 1. The molecule has 3 rings (SSSR count). The van der Waals surface area contributed by atoms with Gasteiger partial charge in [0.05, 0.1) is 12.1 Å². The smallest absolute Gasteiger partial charge is 0.220 e. The van der Waals surface area contributed by atoms with Crippen LogP contribution in [0.25, 0.3) is 0 Å². The van der Waals surface area contributed by atoms with Gasteiger partial charge in [0.15, 0.2) is 0 Å². The van der Waals surface area contributed by atoms with E-state index in [1.165, 1.54) is 11.3 Å². The molecule has 0 aromatic heterocycles. The number of hydrogen-bond donors (Lipinski definition) is 2. The van der Waals surface area contributed by atoms with Crippen LogP contribution in [0.2, 0.25) is 0 Å². The molecule has 1 fully saturated rings. The van der Waals surface area contributed by atoms with Crippen LogP contribution in [0.4, 0.5) is 5.69 Å². The topological polar surface area (TPSA) is 50.4 Å². The van der Waals surface area contributed by atoms with Gasteiger partial charge in [-0.2, -0.15) is 0 Å². The number of carbonyl (C=O) groups is 1. The molecular formula is C16H22N2O2. The predicted molar refractivity (Wildman–Crippen MR) is 78.8 cm³/mol. The van der Waals surface area contributed by atoms with Gasteiger partial charge in [-0.3, -0.25) is 4.79 Å². The van der Waals surface area contributed by atoms with Gasteiger partial charge < -0.3 is 15.4 Å². The van der Waals surface area contributed by atoms with Crippen LogP contribution in [0.15, 0.2) is 24.3 Å². The summed E-state index contributed by atoms with van der Waals surface area (Å²) in [5, 5.41) is 6.50. The van der Waals surface area contributed by atoms with Gasteiger partial charge in [0.1, 0.15) is 0 Å². The average molecular weight is 274 g/mol. The van der Waals surface area contributed by atoms with Gasteiger partial charge in [-0.25, -0.2) is 0 Å². The fourth-order valence-electron chi connectivity index (χ4n) is 3.01. The summed E-state index contributed by atoms with van der Waals surface area (Å²) in [6.45, 7) is 1.66. The summed E-state index contributed by atoms with van der Waals surface area (Å²) in [6, 6.07) is 8.48. The molecule has 2 aliphatic rings. The highest BCUT2D eigenvalue weighted by Gasteiger charge is 2.21. The third kappa shape index (κ3) is 3.31. The lowest BCUT2D eigenvalue weighted by Gasteiger charge is -2.27. The number of nitrogens with one attached hydrogen (secondary N) is 2. The first kappa shape index (κ1) is 13.4. The number of hydrogen-bond acceptors (Lipinski definition) is 3. The fraction of sp³-hybridized carbons (Fsp3) is 0.562. The van der Waals surface area contributed by atoms with Crippen molar-refractivity contribution >= 4 is 11.6 Å². The van der Waals surface area contributed by atoms with Crippen LogP contribution in [0.3, 0.4) is 0 Å². The Labute approximate surface area is 119 Å². The third-order valence-electron chi connectivity index (χ3n) is 4.11. The molecule has 2 N–H and O–H groups in total. The largest absolute Gasteiger partial charge is 0.383 e. The Bertz CT molecular complexity index is 469. The summed E-state index contributed by atoms with van der Waals surface area (Å²) in [5.74, 6) is 0.145. The Kier molecular flexibility index (Phi) is 4.21. The van der Waals surface area contributed by atoms with Crippen molar-refractivity contribution in [2.24, 2.45) is 0 Å². The molecule has 1 saturated heterocycles. The maximum absolute atomic E-state index is 12.0. The van der Waals surface area contributed by atoms with E-state index in [0.29, 0.717) is 12.5 Å². The Morgan fingerprint density at radius 1 is 1.40 bits per heavy atom. The molecule has 0 saturated carbocycles. The van der Waals surface area contributed by atoms with Crippen molar-refractivity contribution in [3.05, 3.63) is 29.8 Å². The lowest BCUT2D eigenvalue weighted by Crippen LogP contribution is -2.43. The van der Waals surface area contributed by atoms with E-state index in [2.05, 4.69) is 22.8 Å². The number of amides is 1. The number of fused-ring (bicyclic) bond motifs is 1. The minimum absolute atomic E-state index is 0.145. The molecular weight excluding hydrogens is 252 g/mol. The van der Waals surface area contributed by atoms with E-state index >= 15 is 0 Å². The van der Waals surface area contributed by atoms with Crippen LogP contribution in [-0.2, 0) is 16.0 Å². The molecule has 2 aliphatic heterocycles. The van der Waals surface area contributed by atoms with Crippen molar-refractivity contribution in [1.29, 1.82) is 0 Å². The summed E-state index contributed by atoms with van der Waals surface area (Å²) in [6.07, 6.45) is 4.87. The molecule has 1 amide bonds. The molecule has 0 aliphatic carbocycles. The first-order valence-electron chi connectivity index (χ1n) is 7.54. The van der Waals surface area contributed by atoms with Gasteiger partial charge in [0, 0.05) is 25.3 Å². The van der Waals surface area contributed by atoms with Crippen LogP contribution in [0.5, 0.6) is 0 Å². The van der Waals surface area contributed by atoms with Crippen molar-refractivity contribution in [3.63, 3.8) is 0 Å². The van der Waals surface area contributed by atoms with E-state index in [-0.39, 0.29) is 11.9 Å². The highest BCUT2D eigenvalue weighted by molar-refractivity contribution is 5.76. The fourth-order valence-corrected chi connectivity index (χ4v) is 3.01. The maximum atomic E-state index is 12.0. The molecule has 20 heavy (non-hydrogen) atoms. The Hall–Kier alpha value is -1.55. The molecule has 108 valence electrons. The number of rotatable bonds is 4. The van der Waals surface area contributed by atoms with Crippen molar-refractivity contribution < 1.29 is 9.53 Å². The van der Waals surface area contributed by atoms with Crippen LogP contribution in [-0.4, -0.2) is 31.2 Å². The SMILES string of the molecule is O=C(CCC1CCCO1)NC1CNc2ccccc2C1. The van der Waals surface area contributed by atoms with Crippen LogP contribution in [0.1, 0.15) is 31.2 Å². The van der Waals surface area contributed by atoms with Crippen molar-refractivity contribution in [2.45, 2.75) is 44.2 Å². The summed E-state index contributed by atoms with van der Waals surface area (Å²) in [5.41, 5.74) is 2.47. The van der Waals surface area contributed by atoms with E-state index in [9.17, 15) is 4.79 Å². The monoisotopic (exact) mass is 274 g/mol. The predicted octanol–water partition coefficient (Wildman–Crippen LogP) is 2.10. The Morgan fingerprint density at radius 2 is 2.30 bits per heavy atom. The van der Waals surface area contributed by atoms with Crippen molar-refractivity contribution in [2.75, 3.05) is 18.5 Å². The van der Waals surface area contributed by atoms with Gasteiger partial charge in [0.2, 0.25) is 5.91 Å². The standard InChI is InChI=1S/C16H22N2O2/c19-16(8-7-14-5-3-9-20-14)18-13-10-12-4-1-2-6-15(12)17-11-13/h1-2,4,6,13-14,17H,3,5,7-11H2,(H,18,19). The number of para-hydroxylation sites is 1. The van der Waals surface area contributed by atoms with Crippen molar-refractivity contribution in [3.8, 4) is 0 Å². The molecule has 2 unspecified atom stereocenters. The van der Waals surface area contributed by atoms with Crippen molar-refractivity contribution in [1.82, 2.24) is 5.32 Å². The van der Waals surface area contributed by atoms with Gasteiger partial charge in [-0.15, -0.1) is 0 Å². The number of anilines is 1. The highest BCUT2D eigenvalue weighted by atomic mass is 16.5. The zero-order valence-corrected chi connectivity index (χ0v) is 11.7. The first-order chi connectivity index (χ1) is 9.81. The lowest BCUT2D eigenvalue weighted by molar-refractivity contribution is -0.122. The molecule has 0 spiro atoms. The van der Waals surface area contributed by atoms with E-state index in [0.717, 1.165) is 38.8 Å². The van der Waals surface area contributed by atoms with E-state index < -0.39 is 0 Å².